The molecule has 17 heavy (non-hydrogen) atoms. The van der Waals surface area contributed by atoms with E-state index in [9.17, 15) is 4.79 Å². The second kappa shape index (κ2) is 5.70. The van der Waals surface area contributed by atoms with Gasteiger partial charge in [0.25, 0.3) is 0 Å². The van der Waals surface area contributed by atoms with Crippen LogP contribution >= 0.6 is 11.6 Å². The fourth-order valence-electron chi connectivity index (χ4n) is 1.57. The van der Waals surface area contributed by atoms with Crippen LogP contribution in [-0.4, -0.2) is 18.2 Å². The number of nitrogens with two attached hydrogens (primary N) is 1. The minimum Gasteiger partial charge on any atom is -0.496 e. The van der Waals surface area contributed by atoms with E-state index in [1.54, 1.807) is 12.1 Å². The van der Waals surface area contributed by atoms with Gasteiger partial charge in [-0.25, -0.2) is 4.79 Å². The average Bonchev–Trinajstić information content (AvgIpc) is 2.24. The van der Waals surface area contributed by atoms with Gasteiger partial charge < -0.3 is 15.6 Å². The Kier molecular flexibility index (Phi) is 4.54. The number of carbonyl (C=O) groups is 1. The number of rotatable bonds is 4. The van der Waals surface area contributed by atoms with E-state index < -0.39 is 12.0 Å². The van der Waals surface area contributed by atoms with Crippen LogP contribution in [0.4, 0.5) is 0 Å². The van der Waals surface area contributed by atoms with Gasteiger partial charge in [-0.15, -0.1) is 0 Å². The molecule has 0 saturated carbocycles. The predicted octanol–water partition coefficient (Wildman–Crippen LogP) is 2.30. The van der Waals surface area contributed by atoms with Gasteiger partial charge in [0.2, 0.25) is 0 Å². The number of hydrogen-bond donors (Lipinski definition) is 2. The first-order chi connectivity index (χ1) is 7.95. The highest BCUT2D eigenvalue weighted by Gasteiger charge is 2.13. The molecule has 0 aliphatic carbocycles. The number of aliphatic carboxylic acids is 1. The maximum atomic E-state index is 10.4. The van der Waals surface area contributed by atoms with Crippen molar-refractivity contribution in [3.63, 3.8) is 0 Å². The van der Waals surface area contributed by atoms with E-state index in [1.165, 1.54) is 13.2 Å². The monoisotopic (exact) mass is 255 g/mol. The maximum absolute atomic E-state index is 10.4. The minimum absolute atomic E-state index is 0.539. The Bertz CT molecular complexity index is 457. The van der Waals surface area contributed by atoms with Crippen molar-refractivity contribution < 1.29 is 14.6 Å². The van der Waals surface area contributed by atoms with Crippen LogP contribution in [0.2, 0.25) is 5.02 Å². The van der Waals surface area contributed by atoms with Crippen LogP contribution in [0.25, 0.3) is 0 Å². The zero-order valence-corrected chi connectivity index (χ0v) is 10.4. The third-order valence-corrected chi connectivity index (χ3v) is 2.50. The number of aryl methyl sites for hydroxylation is 1. The number of ether oxygens (including phenoxy) is 1. The third-order valence-electron chi connectivity index (χ3n) is 2.28. The molecule has 92 valence electrons. The molecule has 0 amide bonds. The lowest BCUT2D eigenvalue weighted by Gasteiger charge is -2.15. The Hall–Kier alpha value is -1.52. The molecule has 0 bridgehead atoms. The molecule has 1 rings (SSSR count). The predicted molar refractivity (Wildman–Crippen MR) is 66.4 cm³/mol. The Morgan fingerprint density at radius 2 is 2.24 bits per heavy atom. The Morgan fingerprint density at radius 1 is 1.59 bits per heavy atom. The Morgan fingerprint density at radius 3 is 2.76 bits per heavy atom. The minimum atomic E-state index is -1.04. The number of methoxy groups -OCH3 is 1. The van der Waals surface area contributed by atoms with E-state index in [1.807, 2.05) is 6.92 Å². The molecule has 1 aromatic carbocycles. The van der Waals surface area contributed by atoms with Crippen molar-refractivity contribution in [2.45, 2.75) is 13.0 Å². The molecule has 3 N–H and O–H groups in total. The van der Waals surface area contributed by atoms with E-state index in [4.69, 9.17) is 27.2 Å². The molecule has 4 nitrogen and oxygen atoms in total. The molecule has 0 aliphatic heterocycles. The molecular weight excluding hydrogens is 242 g/mol. The SMILES string of the molecule is COc1c(C)cc(Cl)cc1C(N)/C=C/C(=O)O. The van der Waals surface area contributed by atoms with E-state index >= 15 is 0 Å². The second-order valence-corrected chi connectivity index (χ2v) is 4.00. The van der Waals surface area contributed by atoms with Gasteiger partial charge in [0, 0.05) is 16.7 Å². The van der Waals surface area contributed by atoms with Crippen molar-refractivity contribution in [3.8, 4) is 5.75 Å². The number of carboxylic acids is 1. The highest BCUT2D eigenvalue weighted by atomic mass is 35.5. The summed E-state index contributed by atoms with van der Waals surface area (Å²) in [6, 6.07) is 2.86. The highest BCUT2D eigenvalue weighted by molar-refractivity contribution is 6.30. The third kappa shape index (κ3) is 3.47. The molecule has 0 heterocycles. The highest BCUT2D eigenvalue weighted by Crippen LogP contribution is 2.31. The summed E-state index contributed by atoms with van der Waals surface area (Å²) < 4.78 is 5.24. The summed E-state index contributed by atoms with van der Waals surface area (Å²) in [5, 5.41) is 9.08. The first-order valence-electron chi connectivity index (χ1n) is 4.96. The molecule has 0 aliphatic rings. The molecule has 1 unspecified atom stereocenters. The first kappa shape index (κ1) is 13.5. The Labute approximate surface area is 105 Å². The molecule has 0 saturated heterocycles. The zero-order chi connectivity index (χ0) is 13.0. The number of benzene rings is 1. The fourth-order valence-corrected chi connectivity index (χ4v) is 1.85. The topological polar surface area (TPSA) is 72.5 Å². The van der Waals surface area contributed by atoms with Gasteiger partial charge in [0.1, 0.15) is 5.75 Å². The van der Waals surface area contributed by atoms with Gasteiger partial charge in [0.15, 0.2) is 0 Å². The van der Waals surface area contributed by atoms with Crippen molar-refractivity contribution in [1.82, 2.24) is 0 Å². The van der Waals surface area contributed by atoms with Crippen LogP contribution in [0.1, 0.15) is 17.2 Å². The summed E-state index contributed by atoms with van der Waals surface area (Å²) in [6.45, 7) is 1.85. The lowest BCUT2D eigenvalue weighted by atomic mass is 10.0. The van der Waals surface area contributed by atoms with Crippen LogP contribution in [0.5, 0.6) is 5.75 Å². The van der Waals surface area contributed by atoms with Crippen molar-refractivity contribution in [2.75, 3.05) is 7.11 Å². The van der Waals surface area contributed by atoms with E-state index in [2.05, 4.69) is 0 Å². The van der Waals surface area contributed by atoms with Gasteiger partial charge in [-0.2, -0.15) is 0 Å². The van der Waals surface area contributed by atoms with Gasteiger partial charge in [0.05, 0.1) is 13.2 Å². The molecule has 0 spiro atoms. The summed E-state index contributed by atoms with van der Waals surface area (Å²) in [7, 11) is 1.54. The molecule has 1 aromatic rings. The summed E-state index contributed by atoms with van der Waals surface area (Å²) >= 11 is 5.93. The average molecular weight is 256 g/mol. The van der Waals surface area contributed by atoms with Crippen LogP contribution in [-0.2, 0) is 4.79 Å². The summed E-state index contributed by atoms with van der Waals surface area (Å²) in [6.07, 6.45) is 2.39. The van der Waals surface area contributed by atoms with Crippen LogP contribution in [0, 0.1) is 6.92 Å². The van der Waals surface area contributed by atoms with Gasteiger partial charge in [-0.05, 0) is 24.6 Å². The summed E-state index contributed by atoms with van der Waals surface area (Å²) in [5.74, 6) is -0.421. The van der Waals surface area contributed by atoms with E-state index in [0.717, 1.165) is 11.6 Å². The largest absolute Gasteiger partial charge is 0.496 e. The molecule has 0 fully saturated rings. The van der Waals surface area contributed by atoms with Gasteiger partial charge in [-0.3, -0.25) is 0 Å². The van der Waals surface area contributed by atoms with Crippen LogP contribution < -0.4 is 10.5 Å². The zero-order valence-electron chi connectivity index (χ0n) is 9.61. The fraction of sp³-hybridized carbons (Fsp3) is 0.250. The number of halogens is 1. The normalized spacial score (nSPS) is 12.7. The molecule has 0 aromatic heterocycles. The van der Waals surface area contributed by atoms with Crippen LogP contribution in [0.15, 0.2) is 24.3 Å². The molecule has 1 atom stereocenters. The first-order valence-corrected chi connectivity index (χ1v) is 5.34. The van der Waals surface area contributed by atoms with Crippen molar-refractivity contribution in [3.05, 3.63) is 40.4 Å². The summed E-state index contributed by atoms with van der Waals surface area (Å²) in [5.41, 5.74) is 7.39. The Balaban J connectivity index is 3.15. The molecular formula is C12H14ClNO3. The number of hydrogen-bond acceptors (Lipinski definition) is 3. The quantitative estimate of drug-likeness (QED) is 0.810. The van der Waals surface area contributed by atoms with Gasteiger partial charge >= 0.3 is 5.97 Å². The van der Waals surface area contributed by atoms with Gasteiger partial charge in [-0.1, -0.05) is 17.7 Å². The summed E-state index contributed by atoms with van der Waals surface area (Å²) in [4.78, 5) is 10.4. The molecule has 5 heteroatoms. The van der Waals surface area contributed by atoms with Crippen molar-refractivity contribution >= 4 is 17.6 Å². The second-order valence-electron chi connectivity index (χ2n) is 3.57. The van der Waals surface area contributed by atoms with E-state index in [-0.39, 0.29) is 0 Å². The number of carboxylic acid groups (broad SMARTS) is 1. The van der Waals surface area contributed by atoms with Crippen LogP contribution in [0.3, 0.4) is 0 Å². The van der Waals surface area contributed by atoms with E-state index in [0.29, 0.717) is 16.3 Å². The maximum Gasteiger partial charge on any atom is 0.328 e. The lowest BCUT2D eigenvalue weighted by molar-refractivity contribution is -0.131. The molecule has 0 radical (unpaired) electrons. The lowest BCUT2D eigenvalue weighted by Crippen LogP contribution is -2.10. The smallest absolute Gasteiger partial charge is 0.328 e. The standard InChI is InChI=1S/C12H14ClNO3/c1-7-5-8(13)6-9(12(7)17-2)10(14)3-4-11(15)16/h3-6,10H,14H2,1-2H3,(H,15,16)/b4-3+. The van der Waals surface area contributed by atoms with Crippen molar-refractivity contribution in [2.24, 2.45) is 5.73 Å². The van der Waals surface area contributed by atoms with Crippen molar-refractivity contribution in [1.29, 1.82) is 0 Å².